The van der Waals surface area contributed by atoms with E-state index in [2.05, 4.69) is 13.8 Å². The SMILES string of the molecule is CC1Cc2cc(S(=O)(=O)OCC(=O)c3ccc(C4CCCCC4)cc3)ccc2C1C. The lowest BCUT2D eigenvalue weighted by Gasteiger charge is -2.22. The van der Waals surface area contributed by atoms with Gasteiger partial charge in [-0.15, -0.1) is 0 Å². The van der Waals surface area contributed by atoms with Crippen molar-refractivity contribution in [3.05, 3.63) is 64.7 Å². The van der Waals surface area contributed by atoms with Crippen molar-refractivity contribution in [1.82, 2.24) is 0 Å². The second-order valence-electron chi connectivity index (χ2n) is 8.93. The largest absolute Gasteiger partial charge is 0.297 e. The van der Waals surface area contributed by atoms with E-state index in [0.717, 1.165) is 12.0 Å². The van der Waals surface area contributed by atoms with Crippen LogP contribution in [0.15, 0.2) is 47.4 Å². The molecular weight excluding hydrogens is 396 g/mol. The van der Waals surface area contributed by atoms with Crippen LogP contribution in [-0.2, 0) is 20.7 Å². The Kier molecular flexibility index (Phi) is 6.12. The summed E-state index contributed by atoms with van der Waals surface area (Å²) in [5.74, 6) is 1.18. The third-order valence-electron chi connectivity index (χ3n) is 6.94. The second kappa shape index (κ2) is 8.64. The minimum absolute atomic E-state index is 0.128. The van der Waals surface area contributed by atoms with Crippen LogP contribution in [0.3, 0.4) is 0 Å². The number of fused-ring (bicyclic) bond motifs is 1. The summed E-state index contributed by atoms with van der Waals surface area (Å²) in [4.78, 5) is 12.6. The van der Waals surface area contributed by atoms with Crippen molar-refractivity contribution < 1.29 is 17.4 Å². The lowest BCUT2D eigenvalue weighted by atomic mass is 9.84. The molecule has 30 heavy (non-hydrogen) atoms. The Labute approximate surface area is 179 Å². The first-order valence-corrected chi connectivity index (χ1v) is 12.4. The molecular formula is C25H30O4S. The Balaban J connectivity index is 1.40. The van der Waals surface area contributed by atoms with E-state index in [4.69, 9.17) is 4.18 Å². The number of rotatable bonds is 6. The average molecular weight is 427 g/mol. The molecule has 2 atom stereocenters. The van der Waals surface area contributed by atoms with Gasteiger partial charge in [0.1, 0.15) is 6.61 Å². The highest BCUT2D eigenvalue weighted by Crippen LogP contribution is 2.38. The number of benzene rings is 2. The van der Waals surface area contributed by atoms with Gasteiger partial charge in [0.05, 0.1) is 4.90 Å². The zero-order valence-electron chi connectivity index (χ0n) is 17.8. The fourth-order valence-corrected chi connectivity index (χ4v) is 5.77. The third kappa shape index (κ3) is 4.37. The molecule has 0 amide bonds. The van der Waals surface area contributed by atoms with E-state index in [-0.39, 0.29) is 10.7 Å². The molecule has 0 spiro atoms. The van der Waals surface area contributed by atoms with Crippen molar-refractivity contribution in [3.8, 4) is 0 Å². The summed E-state index contributed by atoms with van der Waals surface area (Å²) in [5.41, 5.74) is 4.02. The first-order chi connectivity index (χ1) is 14.3. The highest BCUT2D eigenvalue weighted by molar-refractivity contribution is 7.86. The van der Waals surface area contributed by atoms with Crippen LogP contribution >= 0.6 is 0 Å². The smallest absolute Gasteiger partial charge is 0.291 e. The number of carbonyl (C=O) groups is 1. The predicted octanol–water partition coefficient (Wildman–Crippen LogP) is 5.62. The quantitative estimate of drug-likeness (QED) is 0.444. The summed E-state index contributed by atoms with van der Waals surface area (Å²) in [5, 5.41) is 0. The van der Waals surface area contributed by atoms with Gasteiger partial charge in [-0.1, -0.05) is 63.4 Å². The molecule has 1 saturated carbocycles. The maximum Gasteiger partial charge on any atom is 0.297 e. The van der Waals surface area contributed by atoms with Crippen LogP contribution in [0.4, 0.5) is 0 Å². The monoisotopic (exact) mass is 426 g/mol. The van der Waals surface area contributed by atoms with E-state index in [1.165, 1.54) is 43.2 Å². The molecule has 2 aliphatic rings. The highest BCUT2D eigenvalue weighted by Gasteiger charge is 2.28. The zero-order chi connectivity index (χ0) is 21.3. The summed E-state index contributed by atoms with van der Waals surface area (Å²) in [6.07, 6.45) is 7.10. The number of Topliss-reactive ketones (excluding diaryl/α,β-unsaturated/α-hetero) is 1. The van der Waals surface area contributed by atoms with Gasteiger partial charge in [-0.25, -0.2) is 0 Å². The summed E-state index contributed by atoms with van der Waals surface area (Å²) >= 11 is 0. The topological polar surface area (TPSA) is 60.4 Å². The molecule has 0 N–H and O–H groups in total. The Hall–Kier alpha value is -1.98. The molecule has 0 bridgehead atoms. The van der Waals surface area contributed by atoms with E-state index in [0.29, 0.717) is 23.3 Å². The van der Waals surface area contributed by atoms with Crippen LogP contribution < -0.4 is 0 Å². The van der Waals surface area contributed by atoms with Crippen LogP contribution in [0.1, 0.15) is 84.8 Å². The molecule has 0 aromatic heterocycles. The summed E-state index contributed by atoms with van der Waals surface area (Å²) in [6, 6.07) is 12.8. The molecule has 160 valence electrons. The fraction of sp³-hybridized carbons (Fsp3) is 0.480. The summed E-state index contributed by atoms with van der Waals surface area (Å²) in [7, 11) is -3.97. The van der Waals surface area contributed by atoms with Gasteiger partial charge in [0, 0.05) is 5.56 Å². The number of ketones is 1. The van der Waals surface area contributed by atoms with Crippen molar-refractivity contribution in [2.45, 2.75) is 69.1 Å². The van der Waals surface area contributed by atoms with Crippen molar-refractivity contribution in [1.29, 1.82) is 0 Å². The molecule has 4 rings (SSSR count). The van der Waals surface area contributed by atoms with Crippen LogP contribution in [0.2, 0.25) is 0 Å². The first kappa shape index (κ1) is 21.3. The predicted molar refractivity (Wildman–Crippen MR) is 117 cm³/mol. The van der Waals surface area contributed by atoms with Gasteiger partial charge in [-0.3, -0.25) is 8.98 Å². The van der Waals surface area contributed by atoms with Crippen molar-refractivity contribution >= 4 is 15.9 Å². The number of hydrogen-bond acceptors (Lipinski definition) is 4. The highest BCUT2D eigenvalue weighted by atomic mass is 32.2. The Bertz CT molecular complexity index is 1020. The fourth-order valence-electron chi connectivity index (χ4n) is 4.85. The van der Waals surface area contributed by atoms with E-state index in [9.17, 15) is 13.2 Å². The molecule has 2 unspecified atom stereocenters. The van der Waals surface area contributed by atoms with Gasteiger partial charge in [0.2, 0.25) is 0 Å². The van der Waals surface area contributed by atoms with Crippen LogP contribution in [0.5, 0.6) is 0 Å². The molecule has 4 nitrogen and oxygen atoms in total. The number of carbonyl (C=O) groups excluding carboxylic acids is 1. The Morgan fingerprint density at radius 2 is 1.70 bits per heavy atom. The molecule has 2 aromatic carbocycles. The van der Waals surface area contributed by atoms with Gasteiger partial charge >= 0.3 is 0 Å². The first-order valence-electron chi connectivity index (χ1n) is 11.0. The van der Waals surface area contributed by atoms with Gasteiger partial charge in [-0.05, 0) is 65.8 Å². The third-order valence-corrected chi connectivity index (χ3v) is 8.20. The van der Waals surface area contributed by atoms with Crippen molar-refractivity contribution in [3.63, 3.8) is 0 Å². The van der Waals surface area contributed by atoms with Gasteiger partial charge in [-0.2, -0.15) is 8.42 Å². The van der Waals surface area contributed by atoms with E-state index >= 15 is 0 Å². The molecule has 2 aromatic rings. The maximum absolute atomic E-state index is 12.6. The summed E-state index contributed by atoms with van der Waals surface area (Å²) in [6.45, 7) is 3.86. The molecule has 2 aliphatic carbocycles. The van der Waals surface area contributed by atoms with Crippen LogP contribution in [0, 0.1) is 5.92 Å². The van der Waals surface area contributed by atoms with Gasteiger partial charge in [0.15, 0.2) is 5.78 Å². The minimum Gasteiger partial charge on any atom is -0.291 e. The second-order valence-corrected chi connectivity index (χ2v) is 10.5. The van der Waals surface area contributed by atoms with E-state index < -0.39 is 16.7 Å². The van der Waals surface area contributed by atoms with Crippen LogP contribution in [0.25, 0.3) is 0 Å². The Morgan fingerprint density at radius 3 is 2.40 bits per heavy atom. The Morgan fingerprint density at radius 1 is 1.00 bits per heavy atom. The zero-order valence-corrected chi connectivity index (χ0v) is 18.6. The van der Waals surface area contributed by atoms with Crippen molar-refractivity contribution in [2.24, 2.45) is 5.92 Å². The lowest BCUT2D eigenvalue weighted by molar-refractivity contribution is 0.0924. The van der Waals surface area contributed by atoms with Crippen molar-refractivity contribution in [2.75, 3.05) is 6.61 Å². The van der Waals surface area contributed by atoms with Gasteiger partial charge < -0.3 is 0 Å². The molecule has 0 saturated heterocycles. The van der Waals surface area contributed by atoms with E-state index in [1.54, 1.807) is 24.3 Å². The molecule has 5 heteroatoms. The van der Waals surface area contributed by atoms with E-state index in [1.807, 2.05) is 18.2 Å². The normalized spacial score (nSPS) is 22.1. The molecule has 0 radical (unpaired) electrons. The van der Waals surface area contributed by atoms with Gasteiger partial charge in [0.25, 0.3) is 10.1 Å². The molecule has 1 fully saturated rings. The number of hydrogen-bond donors (Lipinski definition) is 0. The average Bonchev–Trinajstić information content (AvgIpc) is 3.06. The lowest BCUT2D eigenvalue weighted by Crippen LogP contribution is -2.15. The molecule has 0 aliphatic heterocycles. The van der Waals surface area contributed by atoms with Crippen LogP contribution in [-0.4, -0.2) is 20.8 Å². The summed E-state index contributed by atoms with van der Waals surface area (Å²) < 4.78 is 30.3. The molecule has 0 heterocycles. The minimum atomic E-state index is -3.97. The maximum atomic E-state index is 12.6. The standard InChI is InChI=1S/C25H30O4S/c1-17-14-22-15-23(12-13-24(22)18(17)2)30(27,28)29-16-25(26)21-10-8-20(9-11-21)19-6-4-3-5-7-19/h8-13,15,17-19H,3-7,14,16H2,1-2H3.